The fourth-order valence-electron chi connectivity index (χ4n) is 3.03. The van der Waals surface area contributed by atoms with Gasteiger partial charge in [-0.1, -0.05) is 0 Å². The molecule has 0 aliphatic carbocycles. The second-order valence-corrected chi connectivity index (χ2v) is 5.95. The average molecular weight is 370 g/mol. The van der Waals surface area contributed by atoms with Crippen LogP contribution in [0.25, 0.3) is 0 Å². The second-order valence-electron chi connectivity index (χ2n) is 5.95. The van der Waals surface area contributed by atoms with Crippen molar-refractivity contribution >= 4 is 0 Å². The molecule has 0 saturated carbocycles. The zero-order chi connectivity index (χ0) is 18.7. The molecule has 25 heavy (non-hydrogen) atoms. The molecule has 6 N–H and O–H groups in total. The summed E-state index contributed by atoms with van der Waals surface area (Å²) in [6, 6.07) is 0. The Kier molecular flexibility index (Phi) is 7.49. The van der Waals surface area contributed by atoms with Gasteiger partial charge in [0, 0.05) is 14.2 Å². The predicted molar refractivity (Wildman–Crippen MR) is 78.2 cm³/mol. The van der Waals surface area contributed by atoms with Crippen molar-refractivity contribution < 1.29 is 54.3 Å². The van der Waals surface area contributed by atoms with E-state index < -0.39 is 74.6 Å². The van der Waals surface area contributed by atoms with Crippen molar-refractivity contribution in [2.24, 2.45) is 0 Å². The number of hydrogen-bond donors (Lipinski definition) is 6. The fraction of sp³-hybridized carbons (Fsp3) is 1.00. The maximum absolute atomic E-state index is 10.2. The molecule has 11 nitrogen and oxygen atoms in total. The molecule has 0 aromatic rings. The summed E-state index contributed by atoms with van der Waals surface area (Å²) in [5.41, 5.74) is 0. The Hall–Kier alpha value is -0.440. The van der Waals surface area contributed by atoms with Gasteiger partial charge < -0.3 is 54.3 Å². The Morgan fingerprint density at radius 2 is 1.16 bits per heavy atom. The van der Waals surface area contributed by atoms with Gasteiger partial charge in [-0.05, 0) is 0 Å². The van der Waals surface area contributed by atoms with Crippen molar-refractivity contribution in [1.29, 1.82) is 0 Å². The fourth-order valence-corrected chi connectivity index (χ4v) is 3.03. The zero-order valence-corrected chi connectivity index (χ0v) is 13.9. The molecule has 2 rings (SSSR count). The lowest BCUT2D eigenvalue weighted by Crippen LogP contribution is -2.64. The Labute approximate surface area is 144 Å². The number of aliphatic hydroxyl groups is 6. The van der Waals surface area contributed by atoms with Gasteiger partial charge in [0.25, 0.3) is 0 Å². The minimum atomic E-state index is -1.56. The van der Waals surface area contributed by atoms with E-state index in [2.05, 4.69) is 0 Å². The lowest BCUT2D eigenvalue weighted by Gasteiger charge is -2.46. The van der Waals surface area contributed by atoms with Crippen molar-refractivity contribution in [1.82, 2.24) is 0 Å². The second kappa shape index (κ2) is 8.97. The molecule has 2 saturated heterocycles. The van der Waals surface area contributed by atoms with E-state index in [1.54, 1.807) is 0 Å². The quantitative estimate of drug-likeness (QED) is 0.269. The lowest BCUT2D eigenvalue weighted by molar-refractivity contribution is -0.358. The first-order valence-electron chi connectivity index (χ1n) is 7.85. The summed E-state index contributed by atoms with van der Waals surface area (Å²) in [7, 11) is 2.55. The van der Waals surface area contributed by atoms with E-state index in [0.29, 0.717) is 0 Å². The number of methoxy groups -OCH3 is 2. The zero-order valence-electron chi connectivity index (χ0n) is 13.9. The van der Waals surface area contributed by atoms with Gasteiger partial charge in [-0.3, -0.25) is 0 Å². The van der Waals surface area contributed by atoms with Gasteiger partial charge in [0.15, 0.2) is 12.6 Å². The van der Waals surface area contributed by atoms with Gasteiger partial charge in [-0.2, -0.15) is 0 Å². The summed E-state index contributed by atoms with van der Waals surface area (Å²) < 4.78 is 26.0. The molecule has 11 heteroatoms. The van der Waals surface area contributed by atoms with Gasteiger partial charge in [0.2, 0.25) is 0 Å². The first kappa shape index (κ1) is 20.9. The molecular weight excluding hydrogens is 344 g/mol. The third kappa shape index (κ3) is 4.12. The largest absolute Gasteiger partial charge is 0.394 e. The SMILES string of the molecule is CO[C@@H]1O[C@@H](CO)[C@@H](O[C@@H]2OC(CO)[C@@H](OC)C(O)[C@@H]2O)C(O)C1O. The third-order valence-electron chi connectivity index (χ3n) is 4.44. The molecule has 2 aliphatic heterocycles. The van der Waals surface area contributed by atoms with Gasteiger partial charge in [0.1, 0.15) is 48.8 Å². The molecule has 4 unspecified atom stereocenters. The molecule has 0 amide bonds. The van der Waals surface area contributed by atoms with Crippen LogP contribution in [0.15, 0.2) is 0 Å². The van der Waals surface area contributed by atoms with Crippen LogP contribution < -0.4 is 0 Å². The molecule has 2 fully saturated rings. The van der Waals surface area contributed by atoms with E-state index in [-0.39, 0.29) is 0 Å². The summed E-state index contributed by atoms with van der Waals surface area (Å²) in [6.07, 6.45) is -12.9. The van der Waals surface area contributed by atoms with Crippen molar-refractivity contribution in [2.45, 2.75) is 61.4 Å². The van der Waals surface area contributed by atoms with Gasteiger partial charge in [-0.15, -0.1) is 0 Å². The standard InChI is InChI=1S/C14H26O11/c1-21-11-5(3-15)24-14(10(20)7(11)17)25-12-6(4-16)23-13(22-2)9(19)8(12)18/h5-20H,3-4H2,1-2H3/t5?,6-,7?,8?,9?,10-,11+,12+,13+,14-/m0/s1. The highest BCUT2D eigenvalue weighted by molar-refractivity contribution is 4.94. The number of ether oxygens (including phenoxy) is 5. The maximum atomic E-state index is 10.2. The monoisotopic (exact) mass is 370 g/mol. The van der Waals surface area contributed by atoms with Gasteiger partial charge in [-0.25, -0.2) is 0 Å². The summed E-state index contributed by atoms with van der Waals surface area (Å²) in [6.45, 7) is -1.08. The summed E-state index contributed by atoms with van der Waals surface area (Å²) in [5, 5.41) is 59.3. The molecule has 2 aliphatic rings. The van der Waals surface area contributed by atoms with Crippen LogP contribution in [-0.4, -0.2) is 119 Å². The van der Waals surface area contributed by atoms with E-state index >= 15 is 0 Å². The van der Waals surface area contributed by atoms with Crippen LogP contribution in [0.2, 0.25) is 0 Å². The highest BCUT2D eigenvalue weighted by Gasteiger charge is 2.50. The van der Waals surface area contributed by atoms with E-state index in [1.807, 2.05) is 0 Å². The highest BCUT2D eigenvalue weighted by atomic mass is 16.7. The number of rotatable bonds is 6. The minimum Gasteiger partial charge on any atom is -0.394 e. The Morgan fingerprint density at radius 1 is 0.680 bits per heavy atom. The number of aliphatic hydroxyl groups excluding tert-OH is 6. The topological polar surface area (TPSA) is 168 Å². The van der Waals surface area contributed by atoms with Gasteiger partial charge >= 0.3 is 0 Å². The first-order chi connectivity index (χ1) is 11.9. The molecule has 2 heterocycles. The van der Waals surface area contributed by atoms with Crippen LogP contribution in [-0.2, 0) is 23.7 Å². The number of hydrogen-bond acceptors (Lipinski definition) is 11. The van der Waals surface area contributed by atoms with Crippen LogP contribution in [0.3, 0.4) is 0 Å². The Balaban J connectivity index is 2.13. The van der Waals surface area contributed by atoms with Crippen LogP contribution in [0.4, 0.5) is 0 Å². The smallest absolute Gasteiger partial charge is 0.187 e. The minimum absolute atomic E-state index is 0.510. The molecule has 148 valence electrons. The molecule has 0 radical (unpaired) electrons. The highest BCUT2D eigenvalue weighted by Crippen LogP contribution is 2.29. The van der Waals surface area contributed by atoms with Crippen LogP contribution >= 0.6 is 0 Å². The van der Waals surface area contributed by atoms with Crippen molar-refractivity contribution in [3.8, 4) is 0 Å². The van der Waals surface area contributed by atoms with Gasteiger partial charge in [0.05, 0.1) is 13.2 Å². The summed E-state index contributed by atoms with van der Waals surface area (Å²) in [4.78, 5) is 0. The Morgan fingerprint density at radius 3 is 1.68 bits per heavy atom. The lowest BCUT2D eigenvalue weighted by atomic mass is 9.97. The Bertz CT molecular complexity index is 406. The first-order valence-corrected chi connectivity index (χ1v) is 7.85. The third-order valence-corrected chi connectivity index (χ3v) is 4.44. The van der Waals surface area contributed by atoms with E-state index in [0.717, 1.165) is 0 Å². The van der Waals surface area contributed by atoms with Crippen LogP contribution in [0, 0.1) is 0 Å². The van der Waals surface area contributed by atoms with Crippen molar-refractivity contribution in [3.63, 3.8) is 0 Å². The van der Waals surface area contributed by atoms with E-state index in [4.69, 9.17) is 23.7 Å². The van der Waals surface area contributed by atoms with Crippen molar-refractivity contribution in [2.75, 3.05) is 27.4 Å². The van der Waals surface area contributed by atoms with Crippen molar-refractivity contribution in [3.05, 3.63) is 0 Å². The predicted octanol–water partition coefficient (Wildman–Crippen LogP) is -4.09. The molecule has 0 bridgehead atoms. The summed E-state index contributed by atoms with van der Waals surface area (Å²) >= 11 is 0. The molecule has 0 aromatic heterocycles. The summed E-state index contributed by atoms with van der Waals surface area (Å²) in [5.74, 6) is 0. The molecule has 0 aromatic carbocycles. The molecule has 10 atom stereocenters. The molecule has 0 spiro atoms. The van der Waals surface area contributed by atoms with Crippen LogP contribution in [0.5, 0.6) is 0 Å². The van der Waals surface area contributed by atoms with Crippen LogP contribution in [0.1, 0.15) is 0 Å². The molecular formula is C14H26O11. The average Bonchev–Trinajstić information content (AvgIpc) is 2.62. The normalized spacial score (nSPS) is 48.5. The van der Waals surface area contributed by atoms with E-state index in [1.165, 1.54) is 14.2 Å². The van der Waals surface area contributed by atoms with E-state index in [9.17, 15) is 30.6 Å². The maximum Gasteiger partial charge on any atom is 0.187 e.